The summed E-state index contributed by atoms with van der Waals surface area (Å²) in [5.74, 6) is 0.177. The van der Waals surface area contributed by atoms with Crippen LogP contribution in [-0.4, -0.2) is 34.9 Å². The Hall–Kier alpha value is -3.37. The third-order valence-electron chi connectivity index (χ3n) is 5.16. The van der Waals surface area contributed by atoms with E-state index in [0.717, 1.165) is 29.5 Å². The number of hydrogen-bond acceptors (Lipinski definition) is 6. The van der Waals surface area contributed by atoms with E-state index < -0.39 is 11.0 Å². The number of carbonyl (C=O) groups is 1. The van der Waals surface area contributed by atoms with Gasteiger partial charge in [0.2, 0.25) is 12.2 Å². The predicted molar refractivity (Wildman–Crippen MR) is 116 cm³/mol. The predicted octanol–water partition coefficient (Wildman–Crippen LogP) is 2.86. The van der Waals surface area contributed by atoms with E-state index in [4.69, 9.17) is 4.52 Å². The largest absolute Gasteiger partial charge is 0.342 e. The van der Waals surface area contributed by atoms with E-state index in [1.807, 2.05) is 37.3 Å². The normalized spacial score (nSPS) is 14.6. The molecule has 1 amide bonds. The van der Waals surface area contributed by atoms with Crippen LogP contribution < -0.4 is 10.0 Å². The molecule has 0 bridgehead atoms. The molecule has 1 fully saturated rings. The molecule has 1 atom stereocenters. The zero-order valence-electron chi connectivity index (χ0n) is 16.7. The first-order valence-electron chi connectivity index (χ1n) is 9.87. The Morgan fingerprint density at radius 1 is 1.26 bits per heavy atom. The van der Waals surface area contributed by atoms with Crippen LogP contribution in [0.15, 0.2) is 53.6 Å². The lowest BCUT2D eigenvalue weighted by atomic mass is 10.1. The summed E-state index contributed by atoms with van der Waals surface area (Å²) >= 11 is 0. The van der Waals surface area contributed by atoms with Crippen LogP contribution in [-0.2, 0) is 17.5 Å². The molecular weight excluding hydrogens is 416 g/mol. The first kappa shape index (κ1) is 19.6. The van der Waals surface area contributed by atoms with Crippen molar-refractivity contribution in [3.63, 3.8) is 0 Å². The van der Waals surface area contributed by atoms with Crippen molar-refractivity contribution in [1.29, 1.82) is 0 Å². The first-order valence-corrected chi connectivity index (χ1v) is 11.1. The summed E-state index contributed by atoms with van der Waals surface area (Å²) in [7, 11) is -0.991. The minimum Gasteiger partial charge on any atom is -0.342 e. The van der Waals surface area contributed by atoms with Gasteiger partial charge in [-0.15, -0.1) is 0 Å². The maximum atomic E-state index is 12.9. The molecule has 4 aromatic rings. The summed E-state index contributed by atoms with van der Waals surface area (Å²) in [5, 5.41) is 7.06. The fourth-order valence-corrected chi connectivity index (χ4v) is 4.34. The molecule has 5 rings (SSSR count). The number of rotatable bonds is 7. The molecule has 10 heteroatoms. The van der Waals surface area contributed by atoms with Crippen LogP contribution in [0, 0.1) is 6.92 Å². The van der Waals surface area contributed by atoms with E-state index in [2.05, 4.69) is 25.2 Å². The Balaban J connectivity index is 1.34. The Morgan fingerprint density at radius 3 is 2.90 bits per heavy atom. The number of pyridine rings is 1. The minimum absolute atomic E-state index is 0.276. The Morgan fingerprint density at radius 2 is 2.13 bits per heavy atom. The average molecular weight is 436 g/mol. The SMILES string of the molecule is Cc1ccc(-c2ncon2)cc1NC(=O)c1cnc2cc(CNS(=O)C3CC3)ccn12. The maximum Gasteiger partial charge on any atom is 0.274 e. The molecule has 0 radical (unpaired) electrons. The smallest absolute Gasteiger partial charge is 0.274 e. The van der Waals surface area contributed by atoms with Gasteiger partial charge in [-0.2, -0.15) is 4.98 Å². The zero-order chi connectivity index (χ0) is 21.4. The number of nitrogens with one attached hydrogen (secondary N) is 2. The molecule has 1 aromatic carbocycles. The zero-order valence-corrected chi connectivity index (χ0v) is 17.6. The van der Waals surface area contributed by atoms with Crippen molar-refractivity contribution in [1.82, 2.24) is 24.2 Å². The third kappa shape index (κ3) is 4.12. The minimum atomic E-state index is -0.991. The quantitative estimate of drug-likeness (QED) is 0.460. The van der Waals surface area contributed by atoms with Crippen LogP contribution >= 0.6 is 0 Å². The highest BCUT2D eigenvalue weighted by molar-refractivity contribution is 7.83. The molecule has 3 heterocycles. The molecular formula is C21H20N6O3S. The second kappa shape index (κ2) is 8.05. The standard InChI is InChI=1S/C21H20N6O3S/c1-13-2-3-15(20-23-12-30-26-20)9-17(13)25-21(28)18-11-22-19-8-14(6-7-27(18)19)10-24-31(29)16-4-5-16/h2-3,6-9,11-12,16,24H,4-5,10H2,1H3,(H,25,28). The summed E-state index contributed by atoms with van der Waals surface area (Å²) in [6.07, 6.45) is 6.66. The van der Waals surface area contributed by atoms with Crippen molar-refractivity contribution in [3.05, 3.63) is 65.9 Å². The molecule has 31 heavy (non-hydrogen) atoms. The number of anilines is 1. The molecule has 3 aromatic heterocycles. The number of aryl methyl sites for hydroxylation is 1. The molecule has 0 spiro atoms. The molecule has 0 aliphatic heterocycles. The molecule has 1 aliphatic carbocycles. The van der Waals surface area contributed by atoms with Gasteiger partial charge in [0.05, 0.1) is 17.2 Å². The summed E-state index contributed by atoms with van der Waals surface area (Å²) in [5.41, 5.74) is 4.34. The first-order chi connectivity index (χ1) is 15.1. The van der Waals surface area contributed by atoms with Crippen LogP contribution in [0.2, 0.25) is 0 Å². The average Bonchev–Trinajstić information content (AvgIpc) is 3.31. The molecule has 1 saturated carbocycles. The lowest BCUT2D eigenvalue weighted by molar-refractivity contribution is 0.102. The van der Waals surface area contributed by atoms with Crippen molar-refractivity contribution < 1.29 is 13.5 Å². The monoisotopic (exact) mass is 436 g/mol. The molecule has 2 N–H and O–H groups in total. The van der Waals surface area contributed by atoms with Gasteiger partial charge in [-0.05, 0) is 49.1 Å². The molecule has 158 valence electrons. The van der Waals surface area contributed by atoms with Gasteiger partial charge in [0.15, 0.2) is 0 Å². The van der Waals surface area contributed by atoms with E-state index in [9.17, 15) is 9.00 Å². The molecule has 1 aliphatic rings. The van der Waals surface area contributed by atoms with E-state index >= 15 is 0 Å². The van der Waals surface area contributed by atoms with Gasteiger partial charge in [-0.25, -0.2) is 13.9 Å². The second-order valence-corrected chi connectivity index (χ2v) is 9.01. The molecule has 0 saturated heterocycles. The van der Waals surface area contributed by atoms with Gasteiger partial charge in [-0.1, -0.05) is 17.3 Å². The van der Waals surface area contributed by atoms with Crippen LogP contribution in [0.3, 0.4) is 0 Å². The van der Waals surface area contributed by atoms with Gasteiger partial charge in [0.1, 0.15) is 11.3 Å². The fraction of sp³-hybridized carbons (Fsp3) is 0.238. The van der Waals surface area contributed by atoms with Crippen LogP contribution in [0.5, 0.6) is 0 Å². The number of hydrogen-bond donors (Lipinski definition) is 2. The summed E-state index contributed by atoms with van der Waals surface area (Å²) < 4.78 is 21.5. The van der Waals surface area contributed by atoms with Gasteiger partial charge in [0, 0.05) is 29.2 Å². The van der Waals surface area contributed by atoms with Crippen LogP contribution in [0.4, 0.5) is 5.69 Å². The number of aromatic nitrogens is 4. The summed E-state index contributed by atoms with van der Waals surface area (Å²) in [6.45, 7) is 2.41. The fourth-order valence-electron chi connectivity index (χ4n) is 3.24. The van der Waals surface area contributed by atoms with Gasteiger partial charge in [0.25, 0.3) is 5.91 Å². The van der Waals surface area contributed by atoms with Crippen molar-refractivity contribution in [2.75, 3.05) is 5.32 Å². The number of nitrogens with zero attached hydrogens (tertiary/aromatic N) is 4. The van der Waals surface area contributed by atoms with Gasteiger partial charge in [-0.3, -0.25) is 9.20 Å². The lowest BCUT2D eigenvalue weighted by Crippen LogP contribution is -2.20. The third-order valence-corrected chi connectivity index (χ3v) is 6.67. The van der Waals surface area contributed by atoms with Crippen LogP contribution in [0.1, 0.15) is 34.5 Å². The molecule has 1 unspecified atom stereocenters. The van der Waals surface area contributed by atoms with Crippen molar-refractivity contribution in [2.45, 2.75) is 31.6 Å². The summed E-state index contributed by atoms with van der Waals surface area (Å²) in [6, 6.07) is 9.35. The van der Waals surface area contributed by atoms with Crippen LogP contribution in [0.25, 0.3) is 17.0 Å². The number of benzene rings is 1. The second-order valence-electron chi connectivity index (χ2n) is 7.46. The van der Waals surface area contributed by atoms with E-state index in [-0.39, 0.29) is 11.2 Å². The number of fused-ring (bicyclic) bond motifs is 1. The van der Waals surface area contributed by atoms with Gasteiger partial charge >= 0.3 is 0 Å². The van der Waals surface area contributed by atoms with E-state index in [1.54, 1.807) is 16.8 Å². The Labute approximate surface area is 180 Å². The molecule has 9 nitrogen and oxygen atoms in total. The van der Waals surface area contributed by atoms with Crippen molar-refractivity contribution >= 4 is 28.2 Å². The highest BCUT2D eigenvalue weighted by atomic mass is 32.2. The maximum absolute atomic E-state index is 12.9. The van der Waals surface area contributed by atoms with E-state index in [1.165, 1.54) is 6.39 Å². The highest BCUT2D eigenvalue weighted by Gasteiger charge is 2.28. The van der Waals surface area contributed by atoms with Gasteiger partial charge < -0.3 is 9.84 Å². The lowest BCUT2D eigenvalue weighted by Gasteiger charge is -2.10. The van der Waals surface area contributed by atoms with Crippen molar-refractivity contribution in [3.8, 4) is 11.4 Å². The van der Waals surface area contributed by atoms with Crippen molar-refractivity contribution in [2.24, 2.45) is 0 Å². The summed E-state index contributed by atoms with van der Waals surface area (Å²) in [4.78, 5) is 21.4. The topological polar surface area (TPSA) is 114 Å². The number of amides is 1. The number of carbonyl (C=O) groups excluding carboxylic acids is 1. The number of imidazole rings is 1. The Bertz CT molecular complexity index is 1280. The Kier molecular flexibility index (Phi) is 5.08. The highest BCUT2D eigenvalue weighted by Crippen LogP contribution is 2.25. The van der Waals surface area contributed by atoms with E-state index in [0.29, 0.717) is 29.4 Å².